The van der Waals surface area contributed by atoms with E-state index in [9.17, 15) is 14.4 Å². The number of amides is 1. The van der Waals surface area contributed by atoms with Crippen molar-refractivity contribution < 1.29 is 4.79 Å². The molecule has 5 aromatic rings. The van der Waals surface area contributed by atoms with Gasteiger partial charge in [-0.25, -0.2) is 13.9 Å². The van der Waals surface area contributed by atoms with Crippen molar-refractivity contribution in [3.8, 4) is 0 Å². The van der Waals surface area contributed by atoms with Crippen molar-refractivity contribution in [3.05, 3.63) is 110 Å². The Morgan fingerprint density at radius 3 is 2.38 bits per heavy atom. The predicted molar refractivity (Wildman–Crippen MR) is 131 cm³/mol. The van der Waals surface area contributed by atoms with Gasteiger partial charge in [0, 0.05) is 17.3 Å². The van der Waals surface area contributed by atoms with Crippen LogP contribution in [0.3, 0.4) is 0 Å². The Balaban J connectivity index is 1.55. The van der Waals surface area contributed by atoms with Gasteiger partial charge in [-0.3, -0.25) is 14.2 Å². The van der Waals surface area contributed by atoms with Crippen molar-refractivity contribution in [2.75, 3.05) is 5.32 Å². The minimum absolute atomic E-state index is 0.198. The van der Waals surface area contributed by atoms with Crippen LogP contribution in [-0.4, -0.2) is 24.7 Å². The molecule has 0 aliphatic heterocycles. The smallest absolute Gasteiger partial charge is 0.324 e. The third kappa shape index (κ3) is 4.11. The van der Waals surface area contributed by atoms with E-state index < -0.39 is 11.6 Å². The first kappa shape index (κ1) is 21.7. The molecule has 0 spiro atoms. The van der Waals surface area contributed by atoms with Gasteiger partial charge in [0.1, 0.15) is 6.54 Å². The highest BCUT2D eigenvalue weighted by molar-refractivity contribution is 6.30. The van der Waals surface area contributed by atoms with Crippen LogP contribution in [0.1, 0.15) is 5.56 Å². The van der Waals surface area contributed by atoms with Gasteiger partial charge in [0.2, 0.25) is 11.7 Å². The van der Waals surface area contributed by atoms with E-state index in [4.69, 9.17) is 11.6 Å². The van der Waals surface area contributed by atoms with Crippen molar-refractivity contribution in [3.63, 3.8) is 0 Å². The molecule has 1 amide bonds. The van der Waals surface area contributed by atoms with Gasteiger partial charge in [-0.2, -0.15) is 0 Å². The predicted octanol–water partition coefficient (Wildman–Crippen LogP) is 3.35. The van der Waals surface area contributed by atoms with Gasteiger partial charge in [-0.15, -0.1) is 5.10 Å². The number of hydrogen-bond acceptors (Lipinski definition) is 4. The van der Waals surface area contributed by atoms with Crippen LogP contribution in [0, 0.1) is 0 Å². The summed E-state index contributed by atoms with van der Waals surface area (Å²) in [7, 11) is 0. The zero-order chi connectivity index (χ0) is 23.7. The Bertz CT molecular complexity index is 1620. The molecule has 0 unspecified atom stereocenters. The average molecular weight is 474 g/mol. The number of carbonyl (C=O) groups is 1. The van der Waals surface area contributed by atoms with E-state index in [1.807, 2.05) is 30.3 Å². The molecule has 0 atom stereocenters. The Morgan fingerprint density at radius 2 is 1.62 bits per heavy atom. The van der Waals surface area contributed by atoms with Gasteiger partial charge >= 0.3 is 5.69 Å². The monoisotopic (exact) mass is 473 g/mol. The molecule has 0 radical (unpaired) electrons. The summed E-state index contributed by atoms with van der Waals surface area (Å²) in [6.45, 7) is 0.0367. The number of aromatic nitrogens is 4. The SMILES string of the molecule is O=C(Cn1nc2n(CCc3ccccc3)c(=O)c3ccccc3n2c1=O)Nc1ccc(Cl)cc1. The second-order valence-electron chi connectivity index (χ2n) is 7.84. The molecule has 170 valence electrons. The Labute approximate surface area is 198 Å². The highest BCUT2D eigenvalue weighted by atomic mass is 35.5. The van der Waals surface area contributed by atoms with Gasteiger partial charge in [-0.1, -0.05) is 54.1 Å². The fourth-order valence-electron chi connectivity index (χ4n) is 3.93. The summed E-state index contributed by atoms with van der Waals surface area (Å²) in [6, 6.07) is 23.3. The number of halogens is 1. The van der Waals surface area contributed by atoms with Crippen molar-refractivity contribution in [1.29, 1.82) is 0 Å². The standard InChI is InChI=1S/C25H20ClN5O3/c26-18-10-12-19(13-11-18)27-22(32)16-30-25(34)31-21-9-5-4-8-20(21)23(33)29(24(31)28-30)15-14-17-6-2-1-3-7-17/h1-13H,14-16H2,(H,27,32). The third-order valence-corrected chi connectivity index (χ3v) is 5.82. The molecule has 2 aromatic heterocycles. The lowest BCUT2D eigenvalue weighted by Gasteiger charge is -2.09. The van der Waals surface area contributed by atoms with E-state index in [2.05, 4.69) is 10.4 Å². The number of para-hydroxylation sites is 1. The summed E-state index contributed by atoms with van der Waals surface area (Å²) in [5.41, 5.74) is 1.33. The number of anilines is 1. The maximum Gasteiger partial charge on any atom is 0.352 e. The lowest BCUT2D eigenvalue weighted by molar-refractivity contribution is -0.117. The first-order valence-corrected chi connectivity index (χ1v) is 11.1. The van der Waals surface area contributed by atoms with Gasteiger partial charge in [0.05, 0.1) is 10.9 Å². The fraction of sp³-hybridized carbons (Fsp3) is 0.120. The van der Waals surface area contributed by atoms with Crippen LogP contribution in [-0.2, 0) is 24.3 Å². The van der Waals surface area contributed by atoms with Crippen LogP contribution in [0.2, 0.25) is 5.02 Å². The van der Waals surface area contributed by atoms with Crippen LogP contribution in [0.25, 0.3) is 16.7 Å². The Hall–Kier alpha value is -4.17. The van der Waals surface area contributed by atoms with Crippen LogP contribution in [0.5, 0.6) is 0 Å². The summed E-state index contributed by atoms with van der Waals surface area (Å²) < 4.78 is 3.95. The zero-order valence-electron chi connectivity index (χ0n) is 18.0. The second kappa shape index (κ2) is 8.99. The molecular weight excluding hydrogens is 454 g/mol. The van der Waals surface area contributed by atoms with E-state index >= 15 is 0 Å². The molecule has 0 fully saturated rings. The second-order valence-corrected chi connectivity index (χ2v) is 8.28. The highest BCUT2D eigenvalue weighted by Crippen LogP contribution is 2.14. The summed E-state index contributed by atoms with van der Waals surface area (Å²) in [6.07, 6.45) is 0.590. The number of rotatable bonds is 6. The highest BCUT2D eigenvalue weighted by Gasteiger charge is 2.18. The molecule has 0 aliphatic carbocycles. The van der Waals surface area contributed by atoms with E-state index in [1.54, 1.807) is 48.5 Å². The van der Waals surface area contributed by atoms with Crippen LogP contribution in [0.4, 0.5) is 5.69 Å². The van der Waals surface area contributed by atoms with Gasteiger partial charge < -0.3 is 5.32 Å². The van der Waals surface area contributed by atoms with Crippen molar-refractivity contribution >= 4 is 39.9 Å². The summed E-state index contributed by atoms with van der Waals surface area (Å²) in [5.74, 6) is -0.223. The maximum absolute atomic E-state index is 13.3. The first-order valence-electron chi connectivity index (χ1n) is 10.7. The molecule has 0 saturated carbocycles. The normalized spacial score (nSPS) is 11.2. The van der Waals surface area contributed by atoms with Gasteiger partial charge in [0.25, 0.3) is 5.56 Å². The van der Waals surface area contributed by atoms with Gasteiger partial charge in [0.15, 0.2) is 0 Å². The number of hydrogen-bond donors (Lipinski definition) is 1. The number of aryl methyl sites for hydroxylation is 2. The molecule has 3 aromatic carbocycles. The molecule has 9 heteroatoms. The quantitative estimate of drug-likeness (QED) is 0.409. The maximum atomic E-state index is 13.3. The third-order valence-electron chi connectivity index (χ3n) is 5.57. The zero-order valence-corrected chi connectivity index (χ0v) is 18.8. The lowest BCUT2D eigenvalue weighted by Crippen LogP contribution is -2.29. The molecule has 0 saturated heterocycles. The first-order chi connectivity index (χ1) is 16.5. The van der Waals surface area contributed by atoms with Crippen molar-refractivity contribution in [1.82, 2.24) is 18.7 Å². The molecule has 0 aliphatic rings. The molecule has 8 nitrogen and oxygen atoms in total. The lowest BCUT2D eigenvalue weighted by atomic mass is 10.1. The number of benzene rings is 3. The van der Waals surface area contributed by atoms with E-state index in [0.29, 0.717) is 34.6 Å². The number of nitrogens with zero attached hydrogens (tertiary/aromatic N) is 4. The van der Waals surface area contributed by atoms with E-state index in [0.717, 1.165) is 10.2 Å². The number of nitrogens with one attached hydrogen (secondary N) is 1. The van der Waals surface area contributed by atoms with E-state index in [1.165, 1.54) is 8.97 Å². The molecule has 5 rings (SSSR count). The van der Waals surface area contributed by atoms with E-state index in [-0.39, 0.29) is 17.9 Å². The minimum Gasteiger partial charge on any atom is -0.324 e. The summed E-state index contributed by atoms with van der Waals surface area (Å²) >= 11 is 5.89. The molecule has 2 heterocycles. The van der Waals surface area contributed by atoms with Crippen LogP contribution >= 0.6 is 11.6 Å². The largest absolute Gasteiger partial charge is 0.352 e. The molecule has 34 heavy (non-hydrogen) atoms. The van der Waals surface area contributed by atoms with Crippen LogP contribution in [0.15, 0.2) is 88.5 Å². The minimum atomic E-state index is -0.495. The number of fused-ring (bicyclic) bond motifs is 3. The molecule has 1 N–H and O–H groups in total. The van der Waals surface area contributed by atoms with Crippen molar-refractivity contribution in [2.45, 2.75) is 19.5 Å². The van der Waals surface area contributed by atoms with Crippen LogP contribution < -0.4 is 16.6 Å². The molecule has 0 bridgehead atoms. The fourth-order valence-corrected chi connectivity index (χ4v) is 4.05. The average Bonchev–Trinajstić information content (AvgIpc) is 3.16. The topological polar surface area (TPSA) is 90.4 Å². The Kier molecular flexibility index (Phi) is 5.73. The van der Waals surface area contributed by atoms with Gasteiger partial charge in [-0.05, 0) is 48.4 Å². The summed E-state index contributed by atoms with van der Waals surface area (Å²) in [5, 5.41) is 8.07. The Morgan fingerprint density at radius 1 is 0.912 bits per heavy atom. The summed E-state index contributed by atoms with van der Waals surface area (Å²) in [4.78, 5) is 39.1. The van der Waals surface area contributed by atoms with Crippen molar-refractivity contribution in [2.24, 2.45) is 0 Å². The molecular formula is C25H20ClN5O3. The number of carbonyl (C=O) groups excluding carboxylic acids is 1.